The highest BCUT2D eigenvalue weighted by Gasteiger charge is 2.04. The molecule has 0 saturated carbocycles. The first-order valence-corrected chi connectivity index (χ1v) is 7.61. The minimum Gasteiger partial charge on any atom is -0.497 e. The topological polar surface area (TPSA) is 38.3 Å². The molecule has 1 amide bonds. The maximum Gasteiger partial charge on any atom is 0.220 e. The van der Waals surface area contributed by atoms with Crippen molar-refractivity contribution in [1.82, 2.24) is 5.32 Å². The first-order valence-electron chi connectivity index (χ1n) is 7.23. The van der Waals surface area contributed by atoms with E-state index >= 15 is 0 Å². The standard InChI is InChI=1S/C18H20ClNO2/c1-13-3-4-14(11-17(13)19)7-10-18(21)20-12-15-5-8-16(22-2)9-6-15/h3-6,8-9,11H,7,10,12H2,1-2H3,(H,20,21). The number of hydrogen-bond donors (Lipinski definition) is 1. The van der Waals surface area contributed by atoms with Gasteiger partial charge in [0, 0.05) is 18.0 Å². The first kappa shape index (κ1) is 16.4. The molecule has 0 saturated heterocycles. The first-order chi connectivity index (χ1) is 10.6. The summed E-state index contributed by atoms with van der Waals surface area (Å²) < 4.78 is 5.10. The van der Waals surface area contributed by atoms with Crippen molar-refractivity contribution in [3.8, 4) is 5.75 Å². The second-order valence-electron chi connectivity index (χ2n) is 5.21. The summed E-state index contributed by atoms with van der Waals surface area (Å²) in [5.74, 6) is 0.846. The summed E-state index contributed by atoms with van der Waals surface area (Å²) in [6, 6.07) is 13.6. The van der Waals surface area contributed by atoms with Gasteiger partial charge in [0.05, 0.1) is 7.11 Å². The van der Waals surface area contributed by atoms with Gasteiger partial charge in [0.15, 0.2) is 0 Å². The van der Waals surface area contributed by atoms with Crippen LogP contribution in [0.15, 0.2) is 42.5 Å². The average molecular weight is 318 g/mol. The van der Waals surface area contributed by atoms with Crippen LogP contribution in [0.4, 0.5) is 0 Å². The van der Waals surface area contributed by atoms with Crippen molar-refractivity contribution in [2.45, 2.75) is 26.3 Å². The van der Waals surface area contributed by atoms with E-state index in [-0.39, 0.29) is 5.91 Å². The van der Waals surface area contributed by atoms with Crippen LogP contribution in [0.1, 0.15) is 23.1 Å². The molecule has 0 aromatic heterocycles. The number of aryl methyl sites for hydroxylation is 2. The largest absolute Gasteiger partial charge is 0.497 e. The Morgan fingerprint density at radius 2 is 1.82 bits per heavy atom. The predicted octanol–water partition coefficient (Wildman–Crippen LogP) is 3.91. The molecule has 4 heteroatoms. The summed E-state index contributed by atoms with van der Waals surface area (Å²) in [6.45, 7) is 2.49. The number of ether oxygens (including phenoxy) is 1. The highest BCUT2D eigenvalue weighted by molar-refractivity contribution is 6.31. The highest BCUT2D eigenvalue weighted by atomic mass is 35.5. The van der Waals surface area contributed by atoms with Gasteiger partial charge in [-0.05, 0) is 48.2 Å². The van der Waals surface area contributed by atoms with E-state index in [2.05, 4.69) is 5.32 Å². The number of halogens is 1. The summed E-state index contributed by atoms with van der Waals surface area (Å²) in [7, 11) is 1.63. The number of rotatable bonds is 6. The SMILES string of the molecule is COc1ccc(CNC(=O)CCc2ccc(C)c(Cl)c2)cc1. The van der Waals surface area contributed by atoms with Crippen LogP contribution in [-0.4, -0.2) is 13.0 Å². The second-order valence-corrected chi connectivity index (χ2v) is 5.62. The number of amides is 1. The van der Waals surface area contributed by atoms with E-state index in [1.165, 1.54) is 0 Å². The van der Waals surface area contributed by atoms with E-state index in [4.69, 9.17) is 16.3 Å². The fourth-order valence-electron chi connectivity index (χ4n) is 2.08. The molecule has 3 nitrogen and oxygen atoms in total. The van der Waals surface area contributed by atoms with E-state index < -0.39 is 0 Å². The van der Waals surface area contributed by atoms with Crippen LogP contribution in [-0.2, 0) is 17.8 Å². The molecule has 0 atom stereocenters. The monoisotopic (exact) mass is 317 g/mol. The summed E-state index contributed by atoms with van der Waals surface area (Å²) in [4.78, 5) is 11.9. The fraction of sp³-hybridized carbons (Fsp3) is 0.278. The molecule has 1 N–H and O–H groups in total. The van der Waals surface area contributed by atoms with Crippen LogP contribution >= 0.6 is 11.6 Å². The van der Waals surface area contributed by atoms with Gasteiger partial charge in [0.1, 0.15) is 5.75 Å². The molecule has 0 heterocycles. The van der Waals surface area contributed by atoms with Gasteiger partial charge in [-0.2, -0.15) is 0 Å². The van der Waals surface area contributed by atoms with Gasteiger partial charge in [-0.1, -0.05) is 35.9 Å². The lowest BCUT2D eigenvalue weighted by Gasteiger charge is -2.07. The third kappa shape index (κ3) is 4.78. The van der Waals surface area contributed by atoms with Crippen molar-refractivity contribution in [3.63, 3.8) is 0 Å². The van der Waals surface area contributed by atoms with Gasteiger partial charge in [0.25, 0.3) is 0 Å². The minimum absolute atomic E-state index is 0.0347. The molecule has 2 aromatic carbocycles. The average Bonchev–Trinajstić information content (AvgIpc) is 2.54. The van der Waals surface area contributed by atoms with Gasteiger partial charge in [-0.25, -0.2) is 0 Å². The van der Waals surface area contributed by atoms with Crippen LogP contribution in [0, 0.1) is 6.92 Å². The van der Waals surface area contributed by atoms with Crippen molar-refractivity contribution < 1.29 is 9.53 Å². The van der Waals surface area contributed by atoms with E-state index in [1.807, 2.05) is 49.4 Å². The molecular weight excluding hydrogens is 298 g/mol. The van der Waals surface area contributed by atoms with E-state index in [1.54, 1.807) is 7.11 Å². The molecule has 0 bridgehead atoms. The molecule has 0 spiro atoms. The molecule has 0 fully saturated rings. The quantitative estimate of drug-likeness (QED) is 0.877. The predicted molar refractivity (Wildman–Crippen MR) is 89.4 cm³/mol. The molecule has 116 valence electrons. The van der Waals surface area contributed by atoms with Crippen molar-refractivity contribution in [2.24, 2.45) is 0 Å². The Bertz CT molecular complexity index is 638. The van der Waals surface area contributed by atoms with Gasteiger partial charge in [0.2, 0.25) is 5.91 Å². The Kier molecular flexibility index (Phi) is 5.84. The minimum atomic E-state index is 0.0347. The fourth-order valence-corrected chi connectivity index (χ4v) is 2.29. The number of benzene rings is 2. The summed E-state index contributed by atoms with van der Waals surface area (Å²) in [6.07, 6.45) is 1.14. The van der Waals surface area contributed by atoms with Crippen LogP contribution in [0.2, 0.25) is 5.02 Å². The summed E-state index contributed by atoms with van der Waals surface area (Å²) in [5, 5.41) is 3.67. The van der Waals surface area contributed by atoms with Gasteiger partial charge >= 0.3 is 0 Å². The van der Waals surface area contributed by atoms with E-state index in [0.717, 1.165) is 27.5 Å². The molecule has 0 unspecified atom stereocenters. The zero-order valence-corrected chi connectivity index (χ0v) is 13.6. The molecule has 2 aromatic rings. The molecular formula is C18H20ClNO2. The van der Waals surface area contributed by atoms with Crippen LogP contribution in [0.25, 0.3) is 0 Å². The lowest BCUT2D eigenvalue weighted by molar-refractivity contribution is -0.121. The third-order valence-corrected chi connectivity index (χ3v) is 3.93. The van der Waals surface area contributed by atoms with Crippen molar-refractivity contribution in [1.29, 1.82) is 0 Å². The number of hydrogen-bond acceptors (Lipinski definition) is 2. The zero-order valence-electron chi connectivity index (χ0n) is 12.9. The summed E-state index contributed by atoms with van der Waals surface area (Å²) in [5.41, 5.74) is 3.18. The van der Waals surface area contributed by atoms with Crippen molar-refractivity contribution in [2.75, 3.05) is 7.11 Å². The highest BCUT2D eigenvalue weighted by Crippen LogP contribution is 2.17. The molecule has 0 aliphatic heterocycles. The number of carbonyl (C=O) groups is 1. The Labute approximate surface area is 136 Å². The molecule has 0 radical (unpaired) electrons. The number of methoxy groups -OCH3 is 1. The number of nitrogens with one attached hydrogen (secondary N) is 1. The molecule has 2 rings (SSSR count). The van der Waals surface area contributed by atoms with Crippen LogP contribution in [0.5, 0.6) is 5.75 Å². The van der Waals surface area contributed by atoms with Gasteiger partial charge < -0.3 is 10.1 Å². The lowest BCUT2D eigenvalue weighted by atomic mass is 10.1. The lowest BCUT2D eigenvalue weighted by Crippen LogP contribution is -2.22. The maximum absolute atomic E-state index is 11.9. The smallest absolute Gasteiger partial charge is 0.220 e. The Balaban J connectivity index is 1.78. The van der Waals surface area contributed by atoms with Crippen molar-refractivity contribution in [3.05, 3.63) is 64.2 Å². The van der Waals surface area contributed by atoms with Crippen LogP contribution < -0.4 is 10.1 Å². The normalized spacial score (nSPS) is 10.3. The Hall–Kier alpha value is -2.00. The van der Waals surface area contributed by atoms with Gasteiger partial charge in [-0.3, -0.25) is 4.79 Å². The van der Waals surface area contributed by atoms with Crippen LogP contribution in [0.3, 0.4) is 0 Å². The number of carbonyl (C=O) groups excluding carboxylic acids is 1. The van der Waals surface area contributed by atoms with Gasteiger partial charge in [-0.15, -0.1) is 0 Å². The Morgan fingerprint density at radius 3 is 2.45 bits per heavy atom. The van der Waals surface area contributed by atoms with E-state index in [9.17, 15) is 4.79 Å². The zero-order chi connectivity index (χ0) is 15.9. The Morgan fingerprint density at radius 1 is 1.14 bits per heavy atom. The van der Waals surface area contributed by atoms with Crippen molar-refractivity contribution >= 4 is 17.5 Å². The third-order valence-electron chi connectivity index (χ3n) is 3.53. The van der Waals surface area contributed by atoms with E-state index in [0.29, 0.717) is 19.4 Å². The molecule has 0 aliphatic rings. The molecule has 0 aliphatic carbocycles. The summed E-state index contributed by atoms with van der Waals surface area (Å²) >= 11 is 6.08. The molecule has 22 heavy (non-hydrogen) atoms. The second kappa shape index (κ2) is 7.85. The maximum atomic E-state index is 11.9.